The van der Waals surface area contributed by atoms with Crippen molar-refractivity contribution in [3.05, 3.63) is 28.8 Å². The first-order valence-corrected chi connectivity index (χ1v) is 3.91. The normalized spacial score (nSPS) is 9.18. The standard InChI is InChI=1S/C9H6O7.Mg.2H/c10-5-2-3(7(11)12)1-4(8(13)14)6(5)9(15)16;;;/h1-2,10H,(H,11,12)(H,13,14)(H,15,16);;;/q;+2;2*-1. The first kappa shape index (κ1) is 15.2. The maximum absolute atomic E-state index is 10.7. The summed E-state index contributed by atoms with van der Waals surface area (Å²) in [5.41, 5.74) is -2.11. The van der Waals surface area contributed by atoms with Crippen LogP contribution in [0.2, 0.25) is 0 Å². The molecule has 0 saturated carbocycles. The molecule has 17 heavy (non-hydrogen) atoms. The molecule has 88 valence electrons. The van der Waals surface area contributed by atoms with Crippen LogP contribution < -0.4 is 0 Å². The summed E-state index contributed by atoms with van der Waals surface area (Å²) >= 11 is 0. The molecule has 0 atom stereocenters. The molecule has 0 unspecified atom stereocenters. The molecule has 0 heterocycles. The van der Waals surface area contributed by atoms with Crippen LogP contribution in [0.1, 0.15) is 33.9 Å². The molecule has 0 saturated heterocycles. The Labute approximate surface area is 113 Å². The topological polar surface area (TPSA) is 132 Å². The SMILES string of the molecule is O=C(O)c1cc(O)c(C(=O)O)c(C(=O)O)c1.[H-].[H-].[Mg+2]. The van der Waals surface area contributed by atoms with Crippen LogP contribution in [0.4, 0.5) is 0 Å². The minimum Gasteiger partial charge on any atom is -1.00 e. The summed E-state index contributed by atoms with van der Waals surface area (Å²) < 4.78 is 0. The van der Waals surface area contributed by atoms with Crippen LogP contribution in [-0.2, 0) is 0 Å². The number of aromatic hydroxyl groups is 1. The third-order valence-electron chi connectivity index (χ3n) is 1.81. The number of hydrogen-bond acceptors (Lipinski definition) is 4. The van der Waals surface area contributed by atoms with Crippen molar-refractivity contribution in [2.75, 3.05) is 0 Å². The Bertz CT molecular complexity index is 504. The zero-order valence-corrected chi connectivity index (χ0v) is 9.79. The van der Waals surface area contributed by atoms with Gasteiger partial charge >= 0.3 is 41.0 Å². The fourth-order valence-corrected chi connectivity index (χ4v) is 1.14. The van der Waals surface area contributed by atoms with Gasteiger partial charge in [-0.25, -0.2) is 14.4 Å². The van der Waals surface area contributed by atoms with Crippen molar-refractivity contribution in [1.29, 1.82) is 0 Å². The molecule has 0 spiro atoms. The Balaban J connectivity index is -0.000000853. The summed E-state index contributed by atoms with van der Waals surface area (Å²) in [5.74, 6) is -5.64. The van der Waals surface area contributed by atoms with Gasteiger partial charge in [0.15, 0.2) is 0 Å². The van der Waals surface area contributed by atoms with E-state index in [0.717, 1.165) is 0 Å². The van der Waals surface area contributed by atoms with Gasteiger partial charge in [0.05, 0.1) is 11.1 Å². The van der Waals surface area contributed by atoms with Gasteiger partial charge in [-0.1, -0.05) is 0 Å². The van der Waals surface area contributed by atoms with Crippen molar-refractivity contribution in [1.82, 2.24) is 0 Å². The van der Waals surface area contributed by atoms with Gasteiger partial charge in [0.1, 0.15) is 11.3 Å². The average molecular weight is 252 g/mol. The van der Waals surface area contributed by atoms with E-state index in [4.69, 9.17) is 15.3 Å². The van der Waals surface area contributed by atoms with Crippen LogP contribution in [0.3, 0.4) is 0 Å². The fraction of sp³-hybridized carbons (Fsp3) is 0. The number of benzene rings is 1. The third-order valence-corrected chi connectivity index (χ3v) is 1.81. The molecule has 7 nitrogen and oxygen atoms in total. The second kappa shape index (κ2) is 5.50. The van der Waals surface area contributed by atoms with Crippen LogP contribution >= 0.6 is 0 Å². The van der Waals surface area contributed by atoms with Crippen molar-refractivity contribution in [3.8, 4) is 5.75 Å². The van der Waals surface area contributed by atoms with Gasteiger partial charge in [-0.3, -0.25) is 0 Å². The second-order valence-corrected chi connectivity index (χ2v) is 2.83. The molecule has 0 aliphatic rings. The van der Waals surface area contributed by atoms with E-state index in [1.807, 2.05) is 0 Å². The second-order valence-electron chi connectivity index (χ2n) is 2.83. The van der Waals surface area contributed by atoms with E-state index in [1.54, 1.807) is 0 Å². The summed E-state index contributed by atoms with van der Waals surface area (Å²) in [7, 11) is 0. The predicted molar refractivity (Wildman–Crippen MR) is 57.0 cm³/mol. The van der Waals surface area contributed by atoms with Gasteiger partial charge in [0, 0.05) is 0 Å². The molecule has 0 aliphatic heterocycles. The number of carboxylic acids is 3. The smallest absolute Gasteiger partial charge is 1.00 e. The van der Waals surface area contributed by atoms with Crippen LogP contribution in [-0.4, -0.2) is 61.4 Å². The van der Waals surface area contributed by atoms with E-state index in [1.165, 1.54) is 0 Å². The van der Waals surface area contributed by atoms with Crippen molar-refractivity contribution in [3.63, 3.8) is 0 Å². The molecule has 0 bridgehead atoms. The summed E-state index contributed by atoms with van der Waals surface area (Å²) in [4.78, 5) is 31.9. The molecular weight excluding hydrogens is 244 g/mol. The van der Waals surface area contributed by atoms with Gasteiger partial charge in [-0.15, -0.1) is 0 Å². The predicted octanol–water partition coefficient (Wildman–Crippen LogP) is 0.331. The summed E-state index contributed by atoms with van der Waals surface area (Å²) in [6.45, 7) is 0. The molecular formula is C9H8MgO7. The number of hydrogen-bond donors (Lipinski definition) is 4. The Hall–Kier alpha value is -1.80. The van der Waals surface area contributed by atoms with Gasteiger partial charge in [0.2, 0.25) is 0 Å². The zero-order chi connectivity index (χ0) is 12.5. The molecule has 8 heteroatoms. The molecule has 1 rings (SSSR count). The maximum atomic E-state index is 10.7. The third kappa shape index (κ3) is 3.08. The van der Waals surface area contributed by atoms with Gasteiger partial charge < -0.3 is 23.3 Å². The zero-order valence-electron chi connectivity index (χ0n) is 10.4. The number of carbonyl (C=O) groups is 3. The van der Waals surface area contributed by atoms with E-state index >= 15 is 0 Å². The molecule has 0 aromatic heterocycles. The Kier molecular flexibility index (Phi) is 4.92. The summed E-state index contributed by atoms with van der Waals surface area (Å²) in [6, 6.07) is 1.35. The Morgan fingerprint density at radius 2 is 1.47 bits per heavy atom. The molecule has 0 amide bonds. The fourth-order valence-electron chi connectivity index (χ4n) is 1.14. The van der Waals surface area contributed by atoms with Crippen molar-refractivity contribution >= 4 is 41.0 Å². The number of rotatable bonds is 3. The number of carboxylic acid groups (broad SMARTS) is 3. The van der Waals surface area contributed by atoms with Crippen LogP contribution in [0.5, 0.6) is 5.75 Å². The molecule has 0 aliphatic carbocycles. The van der Waals surface area contributed by atoms with Crippen molar-refractivity contribution < 1.29 is 37.7 Å². The molecule has 0 radical (unpaired) electrons. The van der Waals surface area contributed by atoms with Gasteiger partial charge in [0.25, 0.3) is 0 Å². The first-order chi connectivity index (χ1) is 7.34. The van der Waals surface area contributed by atoms with Crippen LogP contribution in [0.25, 0.3) is 0 Å². The molecule has 1 aromatic rings. The monoisotopic (exact) mass is 252 g/mol. The average Bonchev–Trinajstić information content (AvgIpc) is 2.15. The van der Waals surface area contributed by atoms with E-state index in [0.29, 0.717) is 12.1 Å². The largest absolute Gasteiger partial charge is 2.00 e. The molecule has 1 aromatic carbocycles. The van der Waals surface area contributed by atoms with Gasteiger partial charge in [-0.2, -0.15) is 0 Å². The van der Waals surface area contributed by atoms with Crippen molar-refractivity contribution in [2.45, 2.75) is 0 Å². The van der Waals surface area contributed by atoms with Gasteiger partial charge in [-0.05, 0) is 12.1 Å². The van der Waals surface area contributed by atoms with Crippen LogP contribution in [0.15, 0.2) is 12.1 Å². The van der Waals surface area contributed by atoms with E-state index in [-0.39, 0.29) is 25.9 Å². The quantitative estimate of drug-likeness (QED) is 0.570. The minimum absolute atomic E-state index is 0. The van der Waals surface area contributed by atoms with E-state index < -0.39 is 40.3 Å². The number of phenols is 1. The molecule has 4 N–H and O–H groups in total. The first-order valence-electron chi connectivity index (χ1n) is 3.91. The maximum Gasteiger partial charge on any atom is 2.00 e. The Morgan fingerprint density at radius 1 is 0.941 bits per heavy atom. The minimum atomic E-state index is -1.65. The van der Waals surface area contributed by atoms with E-state index in [2.05, 4.69) is 0 Å². The summed E-state index contributed by atoms with van der Waals surface area (Å²) in [5, 5.41) is 35.2. The van der Waals surface area contributed by atoms with E-state index in [9.17, 15) is 19.5 Å². The summed E-state index contributed by atoms with van der Waals surface area (Å²) in [6.07, 6.45) is 0. The molecule has 0 fully saturated rings. The van der Waals surface area contributed by atoms with Crippen LogP contribution in [0, 0.1) is 0 Å². The van der Waals surface area contributed by atoms with Crippen molar-refractivity contribution in [2.24, 2.45) is 0 Å². The Morgan fingerprint density at radius 3 is 1.82 bits per heavy atom. The number of aromatic carboxylic acids is 3.